The molecule has 6 heteroatoms. The molecule has 1 aromatic heterocycles. The van der Waals surface area contributed by atoms with Crippen LogP contribution in [0.2, 0.25) is 0 Å². The van der Waals surface area contributed by atoms with Crippen molar-refractivity contribution in [3.8, 4) is 10.6 Å². The number of hydrogen-bond donors (Lipinski definition) is 1. The minimum atomic E-state index is -3.63. The number of thiazole rings is 1. The molecule has 4 aromatic rings. The van der Waals surface area contributed by atoms with Crippen molar-refractivity contribution < 1.29 is 8.42 Å². The highest BCUT2D eigenvalue weighted by Gasteiger charge is 2.18. The molecule has 0 spiro atoms. The first-order valence-electron chi connectivity index (χ1n) is 11.1. The van der Waals surface area contributed by atoms with Crippen molar-refractivity contribution in [3.05, 3.63) is 77.9 Å². The minimum absolute atomic E-state index is 0.294. The second-order valence-corrected chi connectivity index (χ2v) is 11.3. The molecule has 1 heterocycles. The van der Waals surface area contributed by atoms with Crippen LogP contribution in [0.15, 0.2) is 71.6 Å². The summed E-state index contributed by atoms with van der Waals surface area (Å²) in [5.74, 6) is 0.562. The van der Waals surface area contributed by atoms with E-state index in [0.717, 1.165) is 20.8 Å². The first-order valence-corrected chi connectivity index (χ1v) is 13.4. The lowest BCUT2D eigenvalue weighted by Gasteiger charge is -2.22. The van der Waals surface area contributed by atoms with Crippen LogP contribution in [0.5, 0.6) is 0 Å². The third-order valence-electron chi connectivity index (χ3n) is 6.19. The maximum Gasteiger partial charge on any atom is 0.261 e. The third kappa shape index (κ3) is 4.43. The smallest absolute Gasteiger partial charge is 0.261 e. The molecule has 0 atom stereocenters. The van der Waals surface area contributed by atoms with Gasteiger partial charge in [0.05, 0.1) is 15.1 Å². The first kappa shape index (κ1) is 21.2. The van der Waals surface area contributed by atoms with Gasteiger partial charge in [-0.25, -0.2) is 13.4 Å². The Morgan fingerprint density at radius 3 is 2.34 bits per heavy atom. The van der Waals surface area contributed by atoms with E-state index in [1.54, 1.807) is 35.6 Å². The fourth-order valence-electron chi connectivity index (χ4n) is 4.41. The zero-order valence-corrected chi connectivity index (χ0v) is 19.7. The lowest BCUT2D eigenvalue weighted by atomic mass is 9.84. The van der Waals surface area contributed by atoms with Crippen LogP contribution in [0.3, 0.4) is 0 Å². The standard InChI is InChI=1S/C26H26N2O2S2/c1-18-7-16-24-25(17-18)31-26(27-24)21-8-12-22(13-9-21)28-32(29,30)23-14-10-20(11-15-23)19-5-3-2-4-6-19/h7-17,19,28H,2-6H2,1H3. The average Bonchev–Trinajstić information content (AvgIpc) is 3.23. The van der Waals surface area contributed by atoms with Gasteiger partial charge in [0.15, 0.2) is 0 Å². The Kier molecular flexibility index (Phi) is 5.74. The zero-order chi connectivity index (χ0) is 22.1. The highest BCUT2D eigenvalue weighted by atomic mass is 32.2. The molecular weight excluding hydrogens is 436 g/mol. The van der Waals surface area contributed by atoms with Crippen LogP contribution in [0.1, 0.15) is 49.1 Å². The van der Waals surface area contributed by atoms with Crippen LogP contribution in [0, 0.1) is 6.92 Å². The van der Waals surface area contributed by atoms with Crippen LogP contribution in [-0.2, 0) is 10.0 Å². The normalized spacial score (nSPS) is 15.2. The largest absolute Gasteiger partial charge is 0.280 e. The van der Waals surface area contributed by atoms with Crippen LogP contribution < -0.4 is 4.72 Å². The molecule has 0 unspecified atom stereocenters. The van der Waals surface area contributed by atoms with Gasteiger partial charge in [-0.3, -0.25) is 4.72 Å². The maximum atomic E-state index is 12.9. The Labute approximate surface area is 193 Å². The number of benzene rings is 3. The fraction of sp³-hybridized carbons (Fsp3) is 0.269. The number of nitrogens with zero attached hydrogens (tertiary/aromatic N) is 1. The zero-order valence-electron chi connectivity index (χ0n) is 18.0. The molecule has 1 N–H and O–H groups in total. The van der Waals surface area contributed by atoms with Gasteiger partial charge in [-0.15, -0.1) is 11.3 Å². The number of nitrogens with one attached hydrogen (secondary N) is 1. The number of aryl methyl sites for hydroxylation is 1. The van der Waals surface area contributed by atoms with Crippen LogP contribution in [0.25, 0.3) is 20.8 Å². The molecule has 0 radical (unpaired) electrons. The number of anilines is 1. The molecule has 1 aliphatic rings. The summed E-state index contributed by atoms with van der Waals surface area (Å²) in [6.07, 6.45) is 6.23. The van der Waals surface area contributed by atoms with Crippen molar-refractivity contribution in [2.45, 2.75) is 49.8 Å². The minimum Gasteiger partial charge on any atom is -0.280 e. The van der Waals surface area contributed by atoms with Gasteiger partial charge in [-0.05, 0) is 85.3 Å². The summed E-state index contributed by atoms with van der Waals surface area (Å²) < 4.78 is 29.6. The molecule has 4 nitrogen and oxygen atoms in total. The fourth-order valence-corrected chi connectivity index (χ4v) is 6.53. The van der Waals surface area contributed by atoms with E-state index in [9.17, 15) is 8.42 Å². The van der Waals surface area contributed by atoms with Gasteiger partial charge >= 0.3 is 0 Å². The van der Waals surface area contributed by atoms with E-state index in [4.69, 9.17) is 4.98 Å². The molecule has 1 fully saturated rings. The first-order chi connectivity index (χ1) is 15.5. The highest BCUT2D eigenvalue weighted by molar-refractivity contribution is 7.92. The van der Waals surface area contributed by atoms with Gasteiger partial charge < -0.3 is 0 Å². The molecule has 1 aliphatic carbocycles. The van der Waals surface area contributed by atoms with E-state index in [1.165, 1.54) is 43.2 Å². The lowest BCUT2D eigenvalue weighted by Crippen LogP contribution is -2.13. The number of hydrogen-bond acceptors (Lipinski definition) is 4. The van der Waals surface area contributed by atoms with E-state index in [2.05, 4.69) is 23.8 Å². The Hall–Kier alpha value is -2.70. The molecule has 1 saturated carbocycles. The van der Waals surface area contributed by atoms with Crippen molar-refractivity contribution in [1.82, 2.24) is 4.98 Å². The maximum absolute atomic E-state index is 12.9. The van der Waals surface area contributed by atoms with Gasteiger partial charge in [0.2, 0.25) is 0 Å². The molecule has 0 aliphatic heterocycles. The predicted molar refractivity (Wildman–Crippen MR) is 133 cm³/mol. The summed E-state index contributed by atoms with van der Waals surface area (Å²) in [4.78, 5) is 5.00. The molecule has 0 bridgehead atoms. The van der Waals surface area contributed by atoms with E-state index in [0.29, 0.717) is 16.5 Å². The third-order valence-corrected chi connectivity index (χ3v) is 8.66. The quantitative estimate of drug-likeness (QED) is 0.343. The van der Waals surface area contributed by atoms with E-state index in [-0.39, 0.29) is 0 Å². The Morgan fingerprint density at radius 2 is 1.62 bits per heavy atom. The van der Waals surface area contributed by atoms with Gasteiger partial charge in [-0.2, -0.15) is 0 Å². The van der Waals surface area contributed by atoms with Crippen molar-refractivity contribution in [2.24, 2.45) is 0 Å². The summed E-state index contributed by atoms with van der Waals surface area (Å²) in [5.41, 5.74) is 4.96. The SMILES string of the molecule is Cc1ccc2nc(-c3ccc(NS(=O)(=O)c4ccc(C5CCCCC5)cc4)cc3)sc2c1. The van der Waals surface area contributed by atoms with E-state index in [1.807, 2.05) is 30.3 Å². The summed E-state index contributed by atoms with van der Waals surface area (Å²) in [5, 5.41) is 0.929. The van der Waals surface area contributed by atoms with E-state index < -0.39 is 10.0 Å². The van der Waals surface area contributed by atoms with Crippen molar-refractivity contribution in [1.29, 1.82) is 0 Å². The van der Waals surface area contributed by atoms with Gasteiger partial charge in [0.1, 0.15) is 5.01 Å². The summed E-state index contributed by atoms with van der Waals surface area (Å²) in [6.45, 7) is 2.07. The monoisotopic (exact) mass is 462 g/mol. The van der Waals surface area contributed by atoms with Gasteiger partial charge in [-0.1, -0.05) is 37.5 Å². The molecule has 0 amide bonds. The average molecular weight is 463 g/mol. The highest BCUT2D eigenvalue weighted by Crippen LogP contribution is 2.34. The van der Waals surface area contributed by atoms with Crippen molar-refractivity contribution in [2.75, 3.05) is 4.72 Å². The van der Waals surface area contributed by atoms with Crippen LogP contribution in [-0.4, -0.2) is 13.4 Å². The molecule has 5 rings (SSSR count). The number of fused-ring (bicyclic) bond motifs is 1. The predicted octanol–water partition coefficient (Wildman–Crippen LogP) is 7.12. The second-order valence-electron chi connectivity index (χ2n) is 8.58. The summed E-state index contributed by atoms with van der Waals surface area (Å²) in [7, 11) is -3.63. The molecule has 164 valence electrons. The molecule has 0 saturated heterocycles. The van der Waals surface area contributed by atoms with Crippen LogP contribution in [0.4, 0.5) is 5.69 Å². The number of sulfonamides is 1. The molecular formula is C26H26N2O2S2. The number of rotatable bonds is 5. The molecule has 3 aromatic carbocycles. The van der Waals surface area contributed by atoms with Crippen molar-refractivity contribution >= 4 is 37.3 Å². The lowest BCUT2D eigenvalue weighted by molar-refractivity contribution is 0.443. The van der Waals surface area contributed by atoms with Crippen LogP contribution >= 0.6 is 11.3 Å². The van der Waals surface area contributed by atoms with Gasteiger partial charge in [0, 0.05) is 11.3 Å². The molecule has 32 heavy (non-hydrogen) atoms. The number of aromatic nitrogens is 1. The Morgan fingerprint density at radius 1 is 0.906 bits per heavy atom. The van der Waals surface area contributed by atoms with Crippen molar-refractivity contribution in [3.63, 3.8) is 0 Å². The Balaban J connectivity index is 1.31. The second kappa shape index (κ2) is 8.68. The van der Waals surface area contributed by atoms with E-state index >= 15 is 0 Å². The summed E-state index contributed by atoms with van der Waals surface area (Å²) in [6, 6.07) is 21.0. The Bertz CT molecular complexity index is 1340. The topological polar surface area (TPSA) is 59.1 Å². The summed E-state index contributed by atoms with van der Waals surface area (Å²) >= 11 is 1.64. The van der Waals surface area contributed by atoms with Gasteiger partial charge in [0.25, 0.3) is 10.0 Å².